The van der Waals surface area contributed by atoms with Gasteiger partial charge in [0.05, 0.1) is 16.0 Å². The molecular weight excluding hydrogens is 214 g/mol. The number of thiazole rings is 1. The van der Waals surface area contributed by atoms with Gasteiger partial charge in [0.1, 0.15) is 10.7 Å². The van der Waals surface area contributed by atoms with E-state index in [0.29, 0.717) is 16.3 Å². The summed E-state index contributed by atoms with van der Waals surface area (Å²) in [7, 11) is 0. The van der Waals surface area contributed by atoms with Crippen LogP contribution in [0.5, 0.6) is 0 Å². The molecule has 76 valence electrons. The SMILES string of the molecule is Nc1scnc1-c1ccccc1[N+](=O)[O-]. The number of para-hydroxylation sites is 1. The van der Waals surface area contributed by atoms with Crippen LogP contribution in [0.1, 0.15) is 0 Å². The molecule has 0 bridgehead atoms. The van der Waals surface area contributed by atoms with E-state index in [2.05, 4.69) is 4.98 Å². The number of anilines is 1. The molecule has 6 heteroatoms. The zero-order chi connectivity index (χ0) is 10.8. The van der Waals surface area contributed by atoms with E-state index in [1.54, 1.807) is 23.7 Å². The molecule has 5 nitrogen and oxygen atoms in total. The van der Waals surface area contributed by atoms with Crippen molar-refractivity contribution >= 4 is 22.0 Å². The lowest BCUT2D eigenvalue weighted by Crippen LogP contribution is -1.93. The molecule has 2 aromatic rings. The lowest BCUT2D eigenvalue weighted by Gasteiger charge is -1.99. The fraction of sp³-hybridized carbons (Fsp3) is 0. The van der Waals surface area contributed by atoms with E-state index >= 15 is 0 Å². The van der Waals surface area contributed by atoms with Gasteiger partial charge in [0.25, 0.3) is 5.69 Å². The van der Waals surface area contributed by atoms with Gasteiger partial charge in [-0.3, -0.25) is 10.1 Å². The van der Waals surface area contributed by atoms with Gasteiger partial charge >= 0.3 is 0 Å². The number of aromatic nitrogens is 1. The first-order valence-electron chi connectivity index (χ1n) is 4.13. The topological polar surface area (TPSA) is 82.0 Å². The van der Waals surface area contributed by atoms with E-state index in [9.17, 15) is 10.1 Å². The molecule has 0 aliphatic carbocycles. The zero-order valence-corrected chi connectivity index (χ0v) is 8.40. The smallest absolute Gasteiger partial charge is 0.278 e. The molecule has 0 atom stereocenters. The highest BCUT2D eigenvalue weighted by molar-refractivity contribution is 7.14. The summed E-state index contributed by atoms with van der Waals surface area (Å²) in [6.07, 6.45) is 0. The molecule has 2 rings (SSSR count). The minimum absolute atomic E-state index is 0.0232. The number of nitrogens with two attached hydrogens (primary N) is 1. The molecule has 0 aliphatic rings. The Morgan fingerprint density at radius 2 is 2.13 bits per heavy atom. The van der Waals surface area contributed by atoms with E-state index in [0.717, 1.165) is 0 Å². The summed E-state index contributed by atoms with van der Waals surface area (Å²) < 4.78 is 0. The Balaban J connectivity index is 2.63. The molecule has 1 heterocycles. The van der Waals surface area contributed by atoms with Crippen LogP contribution < -0.4 is 5.73 Å². The summed E-state index contributed by atoms with van der Waals surface area (Å²) >= 11 is 1.26. The molecule has 0 spiro atoms. The van der Waals surface area contributed by atoms with Crippen molar-refractivity contribution < 1.29 is 4.92 Å². The van der Waals surface area contributed by atoms with E-state index in [4.69, 9.17) is 5.73 Å². The first-order valence-corrected chi connectivity index (χ1v) is 5.01. The van der Waals surface area contributed by atoms with Gasteiger partial charge in [-0.1, -0.05) is 12.1 Å². The van der Waals surface area contributed by atoms with Gasteiger partial charge < -0.3 is 5.73 Å². The minimum atomic E-state index is -0.436. The van der Waals surface area contributed by atoms with Gasteiger partial charge in [0, 0.05) is 6.07 Å². The molecule has 0 radical (unpaired) electrons. The van der Waals surface area contributed by atoms with Crippen LogP contribution in [0.25, 0.3) is 11.3 Å². The second kappa shape index (κ2) is 3.66. The van der Waals surface area contributed by atoms with Crippen molar-refractivity contribution in [1.29, 1.82) is 0 Å². The third kappa shape index (κ3) is 1.66. The summed E-state index contributed by atoms with van der Waals surface area (Å²) in [5, 5.41) is 11.3. The van der Waals surface area contributed by atoms with E-state index < -0.39 is 4.92 Å². The first kappa shape index (κ1) is 9.60. The van der Waals surface area contributed by atoms with E-state index in [1.165, 1.54) is 17.4 Å². The monoisotopic (exact) mass is 221 g/mol. The third-order valence-corrected chi connectivity index (χ3v) is 2.61. The lowest BCUT2D eigenvalue weighted by atomic mass is 10.1. The van der Waals surface area contributed by atoms with Crippen LogP contribution in [0.15, 0.2) is 29.8 Å². The molecule has 0 aliphatic heterocycles. The summed E-state index contributed by atoms with van der Waals surface area (Å²) in [6.45, 7) is 0. The number of nitro groups is 1. The Bertz CT molecular complexity index is 510. The van der Waals surface area contributed by atoms with Gasteiger partial charge in [-0.05, 0) is 6.07 Å². The molecule has 15 heavy (non-hydrogen) atoms. The highest BCUT2D eigenvalue weighted by atomic mass is 32.1. The van der Waals surface area contributed by atoms with Crippen molar-refractivity contribution in [3.05, 3.63) is 39.9 Å². The molecular formula is C9H7N3O2S. The molecule has 2 N–H and O–H groups in total. The van der Waals surface area contributed by atoms with Crippen molar-refractivity contribution in [3.63, 3.8) is 0 Å². The number of benzene rings is 1. The average Bonchev–Trinajstić information content (AvgIpc) is 2.64. The first-order chi connectivity index (χ1) is 7.20. The Labute approximate surface area is 89.3 Å². The summed E-state index contributed by atoms with van der Waals surface area (Å²) in [5.74, 6) is 0. The highest BCUT2D eigenvalue weighted by Gasteiger charge is 2.17. The number of hydrogen-bond donors (Lipinski definition) is 1. The van der Waals surface area contributed by atoms with Crippen molar-refractivity contribution in [2.75, 3.05) is 5.73 Å². The maximum absolute atomic E-state index is 10.8. The van der Waals surface area contributed by atoms with E-state index in [1.807, 2.05) is 0 Å². The Morgan fingerprint density at radius 3 is 2.73 bits per heavy atom. The standard InChI is InChI=1S/C9H7N3O2S/c10-9-8(11-5-15-9)6-3-1-2-4-7(6)12(13)14/h1-5H,10H2. The lowest BCUT2D eigenvalue weighted by molar-refractivity contribution is -0.384. The summed E-state index contributed by atoms with van der Waals surface area (Å²) in [5.41, 5.74) is 8.21. The van der Waals surface area contributed by atoms with Crippen molar-refractivity contribution in [1.82, 2.24) is 4.98 Å². The van der Waals surface area contributed by atoms with Crippen LogP contribution in [0, 0.1) is 10.1 Å². The molecule has 0 fully saturated rings. The summed E-state index contributed by atoms with van der Waals surface area (Å²) in [6, 6.07) is 6.42. The van der Waals surface area contributed by atoms with Crippen LogP contribution in [-0.4, -0.2) is 9.91 Å². The second-order valence-electron chi connectivity index (χ2n) is 2.84. The maximum Gasteiger partial charge on any atom is 0.278 e. The molecule has 0 amide bonds. The predicted octanol–water partition coefficient (Wildman–Crippen LogP) is 2.30. The molecule has 1 aromatic carbocycles. The number of rotatable bonds is 2. The molecule has 1 aromatic heterocycles. The Hall–Kier alpha value is -1.95. The van der Waals surface area contributed by atoms with Crippen molar-refractivity contribution in [2.45, 2.75) is 0 Å². The van der Waals surface area contributed by atoms with Gasteiger partial charge in [0.2, 0.25) is 0 Å². The fourth-order valence-corrected chi connectivity index (χ4v) is 1.84. The van der Waals surface area contributed by atoms with Gasteiger partial charge in [0.15, 0.2) is 0 Å². The third-order valence-electron chi connectivity index (χ3n) is 1.95. The quantitative estimate of drug-likeness (QED) is 0.623. The maximum atomic E-state index is 10.8. The van der Waals surface area contributed by atoms with Crippen LogP contribution in [0.4, 0.5) is 10.7 Å². The predicted molar refractivity (Wildman–Crippen MR) is 58.6 cm³/mol. The van der Waals surface area contributed by atoms with Crippen LogP contribution in [-0.2, 0) is 0 Å². The number of nitro benzene ring substituents is 1. The average molecular weight is 221 g/mol. The van der Waals surface area contributed by atoms with E-state index in [-0.39, 0.29) is 5.69 Å². The molecule has 0 saturated carbocycles. The van der Waals surface area contributed by atoms with Crippen molar-refractivity contribution in [3.8, 4) is 11.3 Å². The highest BCUT2D eigenvalue weighted by Crippen LogP contribution is 2.33. The minimum Gasteiger partial charge on any atom is -0.389 e. The number of nitrogens with zero attached hydrogens (tertiary/aromatic N) is 2. The zero-order valence-electron chi connectivity index (χ0n) is 7.58. The normalized spacial score (nSPS) is 10.1. The van der Waals surface area contributed by atoms with Crippen LogP contribution >= 0.6 is 11.3 Å². The Morgan fingerprint density at radius 1 is 1.40 bits per heavy atom. The van der Waals surface area contributed by atoms with Crippen LogP contribution in [0.2, 0.25) is 0 Å². The largest absolute Gasteiger partial charge is 0.389 e. The number of hydrogen-bond acceptors (Lipinski definition) is 5. The van der Waals surface area contributed by atoms with Gasteiger partial charge in [-0.2, -0.15) is 0 Å². The van der Waals surface area contributed by atoms with Crippen LogP contribution in [0.3, 0.4) is 0 Å². The van der Waals surface area contributed by atoms with Gasteiger partial charge in [-0.15, -0.1) is 11.3 Å². The van der Waals surface area contributed by atoms with Gasteiger partial charge in [-0.25, -0.2) is 4.98 Å². The number of nitrogen functional groups attached to an aromatic ring is 1. The fourth-order valence-electron chi connectivity index (χ4n) is 1.29. The molecule has 0 unspecified atom stereocenters. The second-order valence-corrected chi connectivity index (χ2v) is 3.73. The molecule has 0 saturated heterocycles. The summed E-state index contributed by atoms with van der Waals surface area (Å²) in [4.78, 5) is 14.4. The van der Waals surface area contributed by atoms with Crippen molar-refractivity contribution in [2.24, 2.45) is 0 Å². The Kier molecular flexibility index (Phi) is 2.34.